The number of rotatable bonds is 5. The van der Waals surface area contributed by atoms with Crippen molar-refractivity contribution < 1.29 is 13.4 Å². The van der Waals surface area contributed by atoms with Gasteiger partial charge in [-0.05, 0) is 24.3 Å². The molecule has 156 valence electrons. The summed E-state index contributed by atoms with van der Waals surface area (Å²) in [6, 6.07) is 7.37. The Bertz CT molecular complexity index is 1250. The molecule has 0 aliphatic carbocycles. The smallest absolute Gasteiger partial charge is 0.317 e. The number of urea groups is 1. The van der Waals surface area contributed by atoms with Crippen molar-refractivity contribution in [2.75, 3.05) is 21.2 Å². The van der Waals surface area contributed by atoms with Crippen LogP contribution < -0.4 is 10.1 Å². The molecular weight excluding hydrogens is 407 g/mol. The molecule has 4 aromatic rings. The molecule has 0 saturated carbocycles. The third-order valence-electron chi connectivity index (χ3n) is 4.88. The zero-order valence-corrected chi connectivity index (χ0v) is 17.8. The normalized spacial score (nSPS) is 11.2. The maximum Gasteiger partial charge on any atom is 0.317 e. The Hall–Kier alpha value is -3.27. The van der Waals surface area contributed by atoms with Gasteiger partial charge in [0, 0.05) is 43.8 Å². The van der Waals surface area contributed by atoms with Crippen molar-refractivity contribution in [1.82, 2.24) is 28.7 Å². The number of amides is 2. The molecule has 0 saturated heterocycles. The van der Waals surface area contributed by atoms with E-state index in [0.717, 1.165) is 22.2 Å². The lowest BCUT2D eigenvalue weighted by atomic mass is 10.1. The number of halogens is 1. The van der Waals surface area contributed by atoms with E-state index < -0.39 is 0 Å². The molecule has 8 nitrogen and oxygen atoms in total. The van der Waals surface area contributed by atoms with Gasteiger partial charge in [0.25, 0.3) is 0 Å². The van der Waals surface area contributed by atoms with Crippen molar-refractivity contribution >= 4 is 40.4 Å². The third kappa shape index (κ3) is 3.43. The first-order valence-corrected chi connectivity index (χ1v) is 9.85. The van der Waals surface area contributed by atoms with Gasteiger partial charge in [0.05, 0.1) is 31.2 Å². The monoisotopic (exact) mass is 428 g/mol. The molecule has 0 aliphatic heterocycles. The number of carbonyl (C=O) groups is 1. The Morgan fingerprint density at radius 3 is 2.83 bits per heavy atom. The SMILES string of the molecule is COc1ccc2c(c1)c(-c1cc3nc(CNC(=O)N(C)C)cnc3n1SF)cn2C. The van der Waals surface area contributed by atoms with E-state index in [4.69, 9.17) is 4.74 Å². The number of nitrogens with one attached hydrogen (secondary N) is 1. The fourth-order valence-corrected chi connectivity index (χ4v) is 3.79. The van der Waals surface area contributed by atoms with Gasteiger partial charge in [0.2, 0.25) is 0 Å². The summed E-state index contributed by atoms with van der Waals surface area (Å²) in [7, 11) is 6.88. The van der Waals surface area contributed by atoms with Crippen LogP contribution in [0.4, 0.5) is 8.68 Å². The van der Waals surface area contributed by atoms with E-state index in [-0.39, 0.29) is 24.9 Å². The van der Waals surface area contributed by atoms with Crippen molar-refractivity contribution in [2.24, 2.45) is 7.05 Å². The highest BCUT2D eigenvalue weighted by Crippen LogP contribution is 2.37. The Balaban J connectivity index is 1.80. The van der Waals surface area contributed by atoms with Gasteiger partial charge in [0.15, 0.2) is 18.0 Å². The van der Waals surface area contributed by atoms with Crippen molar-refractivity contribution in [3.63, 3.8) is 0 Å². The summed E-state index contributed by atoms with van der Waals surface area (Å²) >= 11 is 0.0795. The molecule has 2 amide bonds. The lowest BCUT2D eigenvalue weighted by Crippen LogP contribution is -2.34. The Labute approximate surface area is 177 Å². The van der Waals surface area contributed by atoms with Gasteiger partial charge in [-0.3, -0.25) is 0 Å². The standard InChI is InChI=1S/C20H21FN6O2S/c1-25(2)20(28)23-10-12-9-22-19-16(24-12)8-18(27(19)30-21)15-11-26(3)17-6-5-13(29-4)7-14(15)17/h5-9,11H,10H2,1-4H3,(H,23,28). The highest BCUT2D eigenvalue weighted by atomic mass is 32.2. The van der Waals surface area contributed by atoms with E-state index >= 15 is 0 Å². The Morgan fingerprint density at radius 2 is 2.13 bits per heavy atom. The third-order valence-corrected chi connectivity index (χ3v) is 5.39. The van der Waals surface area contributed by atoms with Crippen molar-refractivity contribution in [3.8, 4) is 17.0 Å². The maximum absolute atomic E-state index is 13.9. The minimum atomic E-state index is -0.223. The van der Waals surface area contributed by atoms with Crippen molar-refractivity contribution in [1.29, 1.82) is 0 Å². The van der Waals surface area contributed by atoms with Gasteiger partial charge in [0.1, 0.15) is 11.3 Å². The van der Waals surface area contributed by atoms with E-state index in [1.807, 2.05) is 36.0 Å². The van der Waals surface area contributed by atoms with E-state index in [2.05, 4.69) is 15.3 Å². The van der Waals surface area contributed by atoms with Gasteiger partial charge in [-0.2, -0.15) is 0 Å². The topological polar surface area (TPSA) is 77.2 Å². The second-order valence-corrected chi connectivity index (χ2v) is 7.56. The Morgan fingerprint density at radius 1 is 1.33 bits per heavy atom. The molecule has 4 rings (SSSR count). The first kappa shape index (κ1) is 20.0. The summed E-state index contributed by atoms with van der Waals surface area (Å²) < 4.78 is 22.7. The average Bonchev–Trinajstić information content (AvgIpc) is 3.28. The predicted molar refractivity (Wildman–Crippen MR) is 116 cm³/mol. The summed E-state index contributed by atoms with van der Waals surface area (Å²) in [6.45, 7) is 0.231. The second kappa shape index (κ2) is 7.86. The van der Waals surface area contributed by atoms with Crippen LogP contribution >= 0.6 is 12.3 Å². The van der Waals surface area contributed by atoms with Crippen molar-refractivity contribution in [2.45, 2.75) is 6.54 Å². The average molecular weight is 428 g/mol. The quantitative estimate of drug-likeness (QED) is 0.524. The van der Waals surface area contributed by atoms with Gasteiger partial charge >= 0.3 is 6.03 Å². The summed E-state index contributed by atoms with van der Waals surface area (Å²) in [5, 5.41) is 3.69. The summed E-state index contributed by atoms with van der Waals surface area (Å²) in [5.41, 5.74) is 4.04. The molecule has 0 unspecified atom stereocenters. The summed E-state index contributed by atoms with van der Waals surface area (Å²) in [4.78, 5) is 22.1. The maximum atomic E-state index is 13.9. The minimum absolute atomic E-state index is 0.0795. The van der Waals surface area contributed by atoms with Crippen LogP contribution in [0.2, 0.25) is 0 Å². The first-order chi connectivity index (χ1) is 14.4. The number of aryl methyl sites for hydroxylation is 1. The van der Waals surface area contributed by atoms with Crippen LogP contribution in [0.25, 0.3) is 33.3 Å². The van der Waals surface area contributed by atoms with Crippen LogP contribution in [0.15, 0.2) is 36.7 Å². The van der Waals surface area contributed by atoms with Gasteiger partial charge in [-0.1, -0.05) is 0 Å². The fourth-order valence-electron chi connectivity index (χ4n) is 3.36. The largest absolute Gasteiger partial charge is 0.497 e. The number of benzene rings is 1. The zero-order chi connectivity index (χ0) is 21.4. The molecule has 0 fully saturated rings. The summed E-state index contributed by atoms with van der Waals surface area (Å²) in [5.74, 6) is 0.723. The van der Waals surface area contributed by atoms with Gasteiger partial charge < -0.3 is 19.5 Å². The van der Waals surface area contributed by atoms with Crippen LogP contribution in [0.1, 0.15) is 5.69 Å². The highest BCUT2D eigenvalue weighted by molar-refractivity contribution is 7.93. The molecule has 30 heavy (non-hydrogen) atoms. The number of methoxy groups -OCH3 is 1. The Kier molecular flexibility index (Phi) is 5.25. The van der Waals surface area contributed by atoms with Crippen LogP contribution in [0, 0.1) is 0 Å². The molecule has 1 aromatic carbocycles. The molecule has 0 spiro atoms. The van der Waals surface area contributed by atoms with Crippen LogP contribution in [-0.2, 0) is 13.6 Å². The number of aromatic nitrogens is 4. The second-order valence-electron chi connectivity index (χ2n) is 7.05. The van der Waals surface area contributed by atoms with Crippen molar-refractivity contribution in [3.05, 3.63) is 42.4 Å². The number of ether oxygens (including phenoxy) is 1. The number of carbonyl (C=O) groups excluding carboxylic acids is 1. The minimum Gasteiger partial charge on any atom is -0.497 e. The number of hydrogen-bond acceptors (Lipinski definition) is 5. The first-order valence-electron chi connectivity index (χ1n) is 9.18. The molecular formula is C20H21FN6O2S. The molecule has 10 heteroatoms. The van der Waals surface area contributed by atoms with E-state index in [0.29, 0.717) is 22.6 Å². The molecule has 3 aromatic heterocycles. The van der Waals surface area contributed by atoms with E-state index in [1.54, 1.807) is 33.5 Å². The highest BCUT2D eigenvalue weighted by Gasteiger charge is 2.19. The van der Waals surface area contributed by atoms with Gasteiger partial charge in [-0.25, -0.2) is 18.7 Å². The van der Waals surface area contributed by atoms with Gasteiger partial charge in [-0.15, -0.1) is 3.89 Å². The molecule has 3 heterocycles. The zero-order valence-electron chi connectivity index (χ0n) is 17.0. The predicted octanol–water partition coefficient (Wildman–Crippen LogP) is 3.75. The number of hydrogen-bond donors (Lipinski definition) is 1. The summed E-state index contributed by atoms with van der Waals surface area (Å²) in [6.07, 6.45) is 3.49. The molecule has 1 N–H and O–H groups in total. The lowest BCUT2D eigenvalue weighted by Gasteiger charge is -2.11. The number of nitrogens with zero attached hydrogens (tertiary/aromatic N) is 5. The molecule has 0 aliphatic rings. The van der Waals surface area contributed by atoms with E-state index in [9.17, 15) is 8.68 Å². The molecule has 0 bridgehead atoms. The molecule has 0 radical (unpaired) electrons. The van der Waals surface area contributed by atoms with Crippen LogP contribution in [0.5, 0.6) is 5.75 Å². The van der Waals surface area contributed by atoms with Crippen LogP contribution in [-0.4, -0.2) is 50.6 Å². The lowest BCUT2D eigenvalue weighted by molar-refractivity contribution is 0.217. The molecule has 0 atom stereocenters. The number of fused-ring (bicyclic) bond motifs is 2. The fraction of sp³-hybridized carbons (Fsp3) is 0.250. The van der Waals surface area contributed by atoms with Crippen LogP contribution in [0.3, 0.4) is 0 Å². The van der Waals surface area contributed by atoms with E-state index in [1.165, 1.54) is 8.87 Å².